The van der Waals surface area contributed by atoms with Crippen LogP contribution in [0.5, 0.6) is 0 Å². The molecule has 2 atom stereocenters. The lowest BCUT2D eigenvalue weighted by molar-refractivity contribution is -0.135. The van der Waals surface area contributed by atoms with Crippen molar-refractivity contribution in [2.45, 2.75) is 18.5 Å². The topological polar surface area (TPSA) is 86.7 Å². The van der Waals surface area contributed by atoms with Crippen molar-refractivity contribution in [3.63, 3.8) is 0 Å². The molecule has 0 aromatic rings. The summed E-state index contributed by atoms with van der Waals surface area (Å²) in [5.74, 6) is 1.78. The molecule has 0 aliphatic carbocycles. The molecule has 6 nitrogen and oxygen atoms in total. The molecule has 2 rings (SSSR count). The van der Waals surface area contributed by atoms with Gasteiger partial charge < -0.3 is 15.3 Å². The summed E-state index contributed by atoms with van der Waals surface area (Å²) in [7, 11) is -3.02. The molecular weight excluding hydrogens is 288 g/mol. The van der Waals surface area contributed by atoms with Gasteiger partial charge in [-0.1, -0.05) is 0 Å². The summed E-state index contributed by atoms with van der Waals surface area (Å²) in [5, 5.41) is 12.3. The van der Waals surface area contributed by atoms with Crippen LogP contribution in [0.3, 0.4) is 0 Å². The smallest absolute Gasteiger partial charge is 0.240 e. The van der Waals surface area contributed by atoms with Gasteiger partial charge in [0.2, 0.25) is 5.91 Å². The Morgan fingerprint density at radius 1 is 1.47 bits per heavy atom. The lowest BCUT2D eigenvalue weighted by atomic mass is 10.1. The number of aliphatic hydroxyl groups is 1. The minimum Gasteiger partial charge on any atom is -0.395 e. The summed E-state index contributed by atoms with van der Waals surface area (Å²) in [6.45, 7) is 0.862. The van der Waals surface area contributed by atoms with Crippen LogP contribution in [0.15, 0.2) is 0 Å². The van der Waals surface area contributed by atoms with Gasteiger partial charge >= 0.3 is 0 Å². The molecule has 19 heavy (non-hydrogen) atoms. The first kappa shape index (κ1) is 15.1. The highest BCUT2D eigenvalue weighted by atomic mass is 32.2. The Balaban J connectivity index is 2.04. The fourth-order valence-electron chi connectivity index (χ4n) is 2.53. The average molecular weight is 308 g/mol. The van der Waals surface area contributed by atoms with Crippen molar-refractivity contribution in [1.29, 1.82) is 0 Å². The maximum atomic E-state index is 12.4. The molecule has 2 heterocycles. The molecule has 0 radical (unpaired) electrons. The van der Waals surface area contributed by atoms with Crippen molar-refractivity contribution in [1.82, 2.24) is 10.2 Å². The number of hydrogen-bond acceptors (Lipinski definition) is 6. The second-order valence-corrected chi connectivity index (χ2v) is 8.27. The number of carbonyl (C=O) groups excluding carboxylic acids is 1. The van der Waals surface area contributed by atoms with Gasteiger partial charge in [-0.05, 0) is 6.42 Å². The summed E-state index contributed by atoms with van der Waals surface area (Å²) in [6, 6.07) is -0.535. The van der Waals surface area contributed by atoms with E-state index in [4.69, 9.17) is 5.11 Å². The van der Waals surface area contributed by atoms with Crippen molar-refractivity contribution >= 4 is 27.5 Å². The van der Waals surface area contributed by atoms with Crippen molar-refractivity contribution in [3.05, 3.63) is 0 Å². The highest BCUT2D eigenvalue weighted by Crippen LogP contribution is 2.20. The molecule has 0 spiro atoms. The van der Waals surface area contributed by atoms with Gasteiger partial charge in [-0.2, -0.15) is 11.8 Å². The Morgan fingerprint density at radius 3 is 2.79 bits per heavy atom. The number of nitrogens with one attached hydrogen (secondary N) is 1. The van der Waals surface area contributed by atoms with E-state index in [-0.39, 0.29) is 42.6 Å². The molecule has 2 unspecified atom stereocenters. The van der Waals surface area contributed by atoms with E-state index in [0.29, 0.717) is 12.2 Å². The fraction of sp³-hybridized carbons (Fsp3) is 0.909. The number of thioether (sulfide) groups is 1. The molecule has 2 N–H and O–H groups in total. The standard InChI is InChI=1S/C11H20N2O4S2/c14-4-3-13(9-1-6-19(16,17)8-9)11(15)10-7-18-5-2-12-10/h9-10,12,14H,1-8H2. The third kappa shape index (κ3) is 3.84. The van der Waals surface area contributed by atoms with Gasteiger partial charge in [-0.25, -0.2) is 8.42 Å². The summed E-state index contributed by atoms with van der Waals surface area (Å²) in [6.07, 6.45) is 0.480. The summed E-state index contributed by atoms with van der Waals surface area (Å²) < 4.78 is 23.1. The molecule has 2 saturated heterocycles. The number of aliphatic hydroxyl groups excluding tert-OH is 1. The van der Waals surface area contributed by atoms with E-state index in [2.05, 4.69) is 5.32 Å². The first-order valence-corrected chi connectivity index (χ1v) is 9.44. The molecule has 0 bridgehead atoms. The number of carbonyl (C=O) groups is 1. The predicted octanol–water partition coefficient (Wildman–Crippen LogP) is -1.30. The number of hydrogen-bond donors (Lipinski definition) is 2. The third-order valence-electron chi connectivity index (χ3n) is 3.49. The van der Waals surface area contributed by atoms with Crippen molar-refractivity contribution in [3.8, 4) is 0 Å². The zero-order chi connectivity index (χ0) is 13.9. The molecule has 2 aliphatic heterocycles. The van der Waals surface area contributed by atoms with E-state index in [1.54, 1.807) is 16.7 Å². The number of nitrogens with zero attached hydrogens (tertiary/aromatic N) is 1. The lowest BCUT2D eigenvalue weighted by Crippen LogP contribution is -2.54. The van der Waals surface area contributed by atoms with Gasteiger partial charge in [-0.3, -0.25) is 4.79 Å². The second-order valence-electron chi connectivity index (χ2n) is 4.89. The van der Waals surface area contributed by atoms with E-state index in [1.807, 2.05) is 0 Å². The largest absolute Gasteiger partial charge is 0.395 e. The van der Waals surface area contributed by atoms with Crippen LogP contribution in [0, 0.1) is 0 Å². The van der Waals surface area contributed by atoms with Crippen LogP contribution in [0.1, 0.15) is 6.42 Å². The predicted molar refractivity (Wildman–Crippen MR) is 75.0 cm³/mol. The Kier molecular flexibility index (Phi) is 5.10. The van der Waals surface area contributed by atoms with Crippen LogP contribution >= 0.6 is 11.8 Å². The van der Waals surface area contributed by atoms with Gasteiger partial charge in [0.05, 0.1) is 24.2 Å². The van der Waals surface area contributed by atoms with E-state index >= 15 is 0 Å². The van der Waals surface area contributed by atoms with E-state index in [9.17, 15) is 13.2 Å². The van der Waals surface area contributed by atoms with Crippen LogP contribution in [0.25, 0.3) is 0 Å². The number of sulfone groups is 1. The molecule has 2 fully saturated rings. The minimum absolute atomic E-state index is 0.0264. The molecular formula is C11H20N2O4S2. The van der Waals surface area contributed by atoms with Crippen LogP contribution in [0.2, 0.25) is 0 Å². The number of rotatable bonds is 4. The van der Waals surface area contributed by atoms with E-state index < -0.39 is 9.84 Å². The van der Waals surface area contributed by atoms with Gasteiger partial charge in [0, 0.05) is 30.6 Å². The molecule has 1 amide bonds. The van der Waals surface area contributed by atoms with E-state index in [1.165, 1.54) is 0 Å². The maximum absolute atomic E-state index is 12.4. The second kappa shape index (κ2) is 6.43. The van der Waals surface area contributed by atoms with Gasteiger partial charge in [0.25, 0.3) is 0 Å². The van der Waals surface area contributed by atoms with Crippen LogP contribution in [0.4, 0.5) is 0 Å². The molecule has 2 aliphatic rings. The molecule has 0 aromatic carbocycles. The Hall–Kier alpha value is -0.310. The Labute approximate surface area is 117 Å². The Bertz CT molecular complexity index is 420. The van der Waals surface area contributed by atoms with Gasteiger partial charge in [-0.15, -0.1) is 0 Å². The Morgan fingerprint density at radius 2 is 2.26 bits per heavy atom. The average Bonchev–Trinajstić information content (AvgIpc) is 2.76. The summed E-state index contributed by atoms with van der Waals surface area (Å²) >= 11 is 1.72. The molecule has 8 heteroatoms. The molecule has 0 saturated carbocycles. The van der Waals surface area contributed by atoms with Gasteiger partial charge in [0.1, 0.15) is 0 Å². The first-order chi connectivity index (χ1) is 9.03. The molecule has 0 aromatic heterocycles. The SMILES string of the molecule is O=C(C1CSCCN1)N(CCO)C1CCS(=O)(=O)C1. The third-order valence-corrected chi connectivity index (χ3v) is 6.31. The van der Waals surface area contributed by atoms with Crippen LogP contribution < -0.4 is 5.32 Å². The molecule has 110 valence electrons. The minimum atomic E-state index is -3.02. The van der Waals surface area contributed by atoms with Crippen molar-refractivity contribution in [2.75, 3.05) is 42.7 Å². The highest BCUT2D eigenvalue weighted by molar-refractivity contribution is 7.99. The lowest BCUT2D eigenvalue weighted by Gasteiger charge is -2.33. The quantitative estimate of drug-likeness (QED) is 0.671. The van der Waals surface area contributed by atoms with E-state index in [0.717, 1.165) is 12.3 Å². The zero-order valence-electron chi connectivity index (χ0n) is 10.7. The summed E-state index contributed by atoms with van der Waals surface area (Å²) in [4.78, 5) is 14.0. The fourth-order valence-corrected chi connectivity index (χ4v) is 5.18. The first-order valence-electron chi connectivity index (χ1n) is 6.46. The highest BCUT2D eigenvalue weighted by Gasteiger charge is 2.36. The van der Waals surface area contributed by atoms with Crippen LogP contribution in [-0.2, 0) is 14.6 Å². The zero-order valence-corrected chi connectivity index (χ0v) is 12.4. The normalized spacial score (nSPS) is 30.2. The number of amides is 1. The maximum Gasteiger partial charge on any atom is 0.240 e. The van der Waals surface area contributed by atoms with Crippen molar-refractivity contribution < 1.29 is 18.3 Å². The van der Waals surface area contributed by atoms with Crippen LogP contribution in [-0.4, -0.2) is 79.1 Å². The summed E-state index contributed by atoms with van der Waals surface area (Å²) in [5.41, 5.74) is 0. The van der Waals surface area contributed by atoms with Gasteiger partial charge in [0.15, 0.2) is 9.84 Å². The van der Waals surface area contributed by atoms with Crippen molar-refractivity contribution in [2.24, 2.45) is 0 Å². The monoisotopic (exact) mass is 308 g/mol.